The van der Waals surface area contributed by atoms with E-state index in [4.69, 9.17) is 9.98 Å². The minimum absolute atomic E-state index is 0.0654. The van der Waals surface area contributed by atoms with Crippen molar-refractivity contribution in [2.75, 3.05) is 11.9 Å². The van der Waals surface area contributed by atoms with Crippen LogP contribution in [-0.4, -0.2) is 31.9 Å². The van der Waals surface area contributed by atoms with Gasteiger partial charge < -0.3 is 14.0 Å². The van der Waals surface area contributed by atoms with Crippen molar-refractivity contribution in [1.82, 2.24) is 19.1 Å². The van der Waals surface area contributed by atoms with Crippen LogP contribution in [0.3, 0.4) is 0 Å². The molecule has 5 rings (SSSR count). The van der Waals surface area contributed by atoms with Crippen molar-refractivity contribution >= 4 is 34.1 Å². The van der Waals surface area contributed by atoms with Gasteiger partial charge in [-0.15, -0.1) is 0 Å². The summed E-state index contributed by atoms with van der Waals surface area (Å²) in [5, 5.41) is 0. The molecule has 0 saturated carbocycles. The zero-order valence-electron chi connectivity index (χ0n) is 20.9. The molecular weight excluding hydrogens is 448 g/mol. The molecule has 0 atom stereocenters. The predicted octanol–water partition coefficient (Wildman–Crippen LogP) is 5.17. The van der Waals surface area contributed by atoms with Gasteiger partial charge in [0.15, 0.2) is 5.82 Å². The van der Waals surface area contributed by atoms with Gasteiger partial charge in [0.05, 0.1) is 23.2 Å². The molecule has 0 aliphatic heterocycles. The number of anilines is 2. The van der Waals surface area contributed by atoms with E-state index in [1.165, 1.54) is 0 Å². The van der Waals surface area contributed by atoms with Crippen LogP contribution in [0.4, 0.5) is 17.3 Å². The summed E-state index contributed by atoms with van der Waals surface area (Å²) in [6, 6.07) is 23.8. The van der Waals surface area contributed by atoms with Crippen LogP contribution in [-0.2, 0) is 20.5 Å². The van der Waals surface area contributed by atoms with E-state index >= 15 is 0 Å². The maximum Gasteiger partial charge on any atom is 0.252 e. The molecule has 0 radical (unpaired) electrons. The highest BCUT2D eigenvalue weighted by Gasteiger charge is 2.18. The van der Waals surface area contributed by atoms with Crippen LogP contribution < -0.4 is 10.5 Å². The fourth-order valence-corrected chi connectivity index (χ4v) is 4.32. The first-order valence-corrected chi connectivity index (χ1v) is 11.9. The summed E-state index contributed by atoms with van der Waals surface area (Å²) in [7, 11) is 5.66. The van der Waals surface area contributed by atoms with Gasteiger partial charge in [-0.25, -0.2) is 15.0 Å². The van der Waals surface area contributed by atoms with Gasteiger partial charge in [0, 0.05) is 50.6 Å². The zero-order chi connectivity index (χ0) is 25.2. The van der Waals surface area contributed by atoms with Crippen LogP contribution >= 0.6 is 0 Å². The summed E-state index contributed by atoms with van der Waals surface area (Å²) < 4.78 is 3.57. The van der Waals surface area contributed by atoms with Crippen LogP contribution in [0.1, 0.15) is 23.6 Å². The van der Waals surface area contributed by atoms with Gasteiger partial charge in [-0.1, -0.05) is 67.6 Å². The maximum atomic E-state index is 12.5. The summed E-state index contributed by atoms with van der Waals surface area (Å²) in [5.41, 5.74) is 6.26. The molecule has 0 amide bonds. The van der Waals surface area contributed by atoms with Crippen molar-refractivity contribution in [3.8, 4) is 0 Å². The van der Waals surface area contributed by atoms with Crippen molar-refractivity contribution in [3.05, 3.63) is 112 Å². The molecule has 3 aromatic heterocycles. The SMILES string of the molecule is CCc1cn(C)c(=O)cc1N(C)c1cc2c(ncn2C)c(N=C(c2ccccc2)c2ccccc2)n1. The first kappa shape index (κ1) is 23.2. The van der Waals surface area contributed by atoms with E-state index in [0.717, 1.165) is 45.5 Å². The first-order valence-electron chi connectivity index (χ1n) is 11.9. The molecule has 180 valence electrons. The summed E-state index contributed by atoms with van der Waals surface area (Å²) in [6.07, 6.45) is 4.45. The van der Waals surface area contributed by atoms with Crippen molar-refractivity contribution in [1.29, 1.82) is 0 Å². The lowest BCUT2D eigenvalue weighted by Gasteiger charge is -2.22. The van der Waals surface area contributed by atoms with E-state index in [1.54, 1.807) is 24.0 Å². The fraction of sp³-hybridized carbons (Fsp3) is 0.172. The predicted molar refractivity (Wildman–Crippen MR) is 146 cm³/mol. The molecule has 0 unspecified atom stereocenters. The number of nitrogens with zero attached hydrogens (tertiary/aromatic N) is 6. The number of pyridine rings is 2. The Labute approximate surface area is 210 Å². The van der Waals surface area contributed by atoms with Crippen LogP contribution in [0.15, 0.2) is 95.1 Å². The molecule has 0 fully saturated rings. The highest BCUT2D eigenvalue weighted by molar-refractivity contribution is 6.14. The summed E-state index contributed by atoms with van der Waals surface area (Å²) >= 11 is 0. The van der Waals surface area contributed by atoms with E-state index < -0.39 is 0 Å². The molecule has 36 heavy (non-hydrogen) atoms. The van der Waals surface area contributed by atoms with Gasteiger partial charge in [0.1, 0.15) is 11.3 Å². The van der Waals surface area contributed by atoms with E-state index in [2.05, 4.69) is 11.9 Å². The average molecular weight is 477 g/mol. The lowest BCUT2D eigenvalue weighted by atomic mass is 10.0. The number of aromatic nitrogens is 4. The van der Waals surface area contributed by atoms with E-state index in [0.29, 0.717) is 11.6 Å². The number of aryl methyl sites for hydroxylation is 3. The van der Waals surface area contributed by atoms with Crippen LogP contribution in [0.25, 0.3) is 11.0 Å². The van der Waals surface area contributed by atoms with Crippen LogP contribution in [0.2, 0.25) is 0 Å². The molecule has 7 nitrogen and oxygen atoms in total. The number of benzene rings is 2. The average Bonchev–Trinajstić information content (AvgIpc) is 3.29. The van der Waals surface area contributed by atoms with Crippen molar-refractivity contribution in [2.24, 2.45) is 19.1 Å². The second-order valence-corrected chi connectivity index (χ2v) is 8.77. The Balaban J connectivity index is 1.73. The van der Waals surface area contributed by atoms with Crippen LogP contribution in [0.5, 0.6) is 0 Å². The second kappa shape index (κ2) is 9.62. The van der Waals surface area contributed by atoms with Gasteiger partial charge in [-0.05, 0) is 12.0 Å². The molecule has 0 aliphatic rings. The van der Waals surface area contributed by atoms with Crippen molar-refractivity contribution in [3.63, 3.8) is 0 Å². The van der Waals surface area contributed by atoms with Crippen molar-refractivity contribution < 1.29 is 0 Å². The number of hydrogen-bond acceptors (Lipinski definition) is 5. The van der Waals surface area contributed by atoms with Gasteiger partial charge >= 0.3 is 0 Å². The normalized spacial score (nSPS) is 11.0. The molecular formula is C29H28N6O. The number of aliphatic imine (C=N–C) groups is 1. The highest BCUT2D eigenvalue weighted by atomic mass is 16.1. The van der Waals surface area contributed by atoms with Gasteiger partial charge in [-0.2, -0.15) is 0 Å². The number of imidazole rings is 1. The van der Waals surface area contributed by atoms with Gasteiger partial charge in [0.25, 0.3) is 5.56 Å². The first-order chi connectivity index (χ1) is 17.5. The third-order valence-corrected chi connectivity index (χ3v) is 6.37. The molecule has 3 heterocycles. The fourth-order valence-electron chi connectivity index (χ4n) is 4.32. The molecule has 5 aromatic rings. The third kappa shape index (κ3) is 4.31. The topological polar surface area (TPSA) is 68.3 Å². The summed E-state index contributed by atoms with van der Waals surface area (Å²) in [6.45, 7) is 2.08. The molecule has 0 N–H and O–H groups in total. The third-order valence-electron chi connectivity index (χ3n) is 6.37. The Morgan fingerprint density at radius 1 is 0.944 bits per heavy atom. The Morgan fingerprint density at radius 3 is 2.19 bits per heavy atom. The van der Waals surface area contributed by atoms with Gasteiger partial charge in [-0.3, -0.25) is 4.79 Å². The molecule has 0 spiro atoms. The minimum atomic E-state index is -0.0654. The quantitative estimate of drug-likeness (QED) is 0.317. The molecule has 0 bridgehead atoms. The van der Waals surface area contributed by atoms with E-state index in [-0.39, 0.29) is 5.56 Å². The maximum absolute atomic E-state index is 12.5. The monoisotopic (exact) mass is 476 g/mol. The van der Waals surface area contributed by atoms with E-state index in [9.17, 15) is 4.79 Å². The summed E-state index contributed by atoms with van der Waals surface area (Å²) in [5.74, 6) is 1.22. The van der Waals surface area contributed by atoms with Crippen molar-refractivity contribution in [2.45, 2.75) is 13.3 Å². The molecule has 0 aliphatic carbocycles. The number of hydrogen-bond donors (Lipinski definition) is 0. The zero-order valence-corrected chi connectivity index (χ0v) is 20.9. The Kier molecular flexibility index (Phi) is 6.21. The Bertz CT molecular complexity index is 1580. The number of rotatable bonds is 6. The molecule has 2 aromatic carbocycles. The molecule has 7 heteroatoms. The minimum Gasteiger partial charge on any atom is -0.334 e. The molecule has 0 saturated heterocycles. The Hall–Kier alpha value is -4.52. The largest absolute Gasteiger partial charge is 0.334 e. The lowest BCUT2D eigenvalue weighted by molar-refractivity contribution is 0.838. The van der Waals surface area contributed by atoms with Crippen LogP contribution in [0, 0.1) is 0 Å². The van der Waals surface area contributed by atoms with Gasteiger partial charge in [0.2, 0.25) is 0 Å². The smallest absolute Gasteiger partial charge is 0.252 e. The second-order valence-electron chi connectivity index (χ2n) is 8.77. The lowest BCUT2D eigenvalue weighted by Crippen LogP contribution is -2.21. The number of fused-ring (bicyclic) bond motifs is 1. The highest BCUT2D eigenvalue weighted by Crippen LogP contribution is 2.32. The standard InChI is InChI=1S/C29H28N6O/c1-5-20-18-33(2)26(36)17-23(20)35(4)25-16-24-28(30-19-34(24)3)29(31-25)32-27(21-12-8-6-9-13-21)22-14-10-7-11-15-22/h6-19H,5H2,1-4H3. The summed E-state index contributed by atoms with van der Waals surface area (Å²) in [4.78, 5) is 29.1. The Morgan fingerprint density at radius 2 is 1.58 bits per heavy atom. The van der Waals surface area contributed by atoms with E-state index in [1.807, 2.05) is 96.5 Å².